The van der Waals surface area contributed by atoms with Crippen LogP contribution < -0.4 is 5.32 Å². The highest BCUT2D eigenvalue weighted by atomic mass is 79.9. The second-order valence-electron chi connectivity index (χ2n) is 6.46. The Morgan fingerprint density at radius 3 is 2.80 bits per heavy atom. The minimum absolute atomic E-state index is 0.0387. The minimum Gasteiger partial charge on any atom is -0.368 e. The van der Waals surface area contributed by atoms with Crippen LogP contribution in [0.2, 0.25) is 0 Å². The first kappa shape index (κ1) is 15.7. The molecule has 1 saturated heterocycles. The maximum absolute atomic E-state index is 4.65. The van der Waals surface area contributed by atoms with E-state index in [0.717, 1.165) is 29.3 Å². The lowest BCUT2D eigenvalue weighted by Crippen LogP contribution is -2.34. The lowest BCUT2D eigenvalue weighted by molar-refractivity contribution is 0.277. The van der Waals surface area contributed by atoms with Crippen molar-refractivity contribution in [2.45, 2.75) is 52.0 Å². The molecule has 1 atom stereocenters. The molecule has 0 radical (unpaired) electrons. The summed E-state index contributed by atoms with van der Waals surface area (Å²) < 4.78 is 0.846. The number of likely N-dealkylation sites (tertiary alicyclic amines) is 1. The Bertz CT molecular complexity index is 456. The van der Waals surface area contributed by atoms with Crippen molar-refractivity contribution in [2.24, 2.45) is 0 Å². The largest absolute Gasteiger partial charge is 0.368 e. The highest BCUT2D eigenvalue weighted by Crippen LogP contribution is 2.23. The molecule has 1 fully saturated rings. The zero-order valence-electron chi connectivity index (χ0n) is 12.9. The maximum atomic E-state index is 4.65. The molecule has 0 aliphatic carbocycles. The summed E-state index contributed by atoms with van der Waals surface area (Å²) in [6, 6.07) is 2.59. The van der Waals surface area contributed by atoms with Gasteiger partial charge in [0, 0.05) is 24.1 Å². The van der Waals surface area contributed by atoms with Gasteiger partial charge in [0.25, 0.3) is 0 Å². The number of nitrogens with zero attached hydrogens (tertiary/aromatic N) is 3. The third-order valence-corrected chi connectivity index (χ3v) is 4.20. The van der Waals surface area contributed by atoms with E-state index in [2.05, 4.69) is 63.8 Å². The molecule has 1 N–H and O–H groups in total. The van der Waals surface area contributed by atoms with Gasteiger partial charge in [0.1, 0.15) is 16.2 Å². The van der Waals surface area contributed by atoms with Crippen LogP contribution in [0.5, 0.6) is 0 Å². The molecule has 0 aromatic carbocycles. The van der Waals surface area contributed by atoms with Crippen molar-refractivity contribution in [2.75, 3.05) is 25.0 Å². The molecule has 0 spiro atoms. The molecule has 1 aliphatic heterocycles. The van der Waals surface area contributed by atoms with Gasteiger partial charge in [-0.2, -0.15) is 0 Å². The fourth-order valence-corrected chi connectivity index (χ4v) is 2.99. The topological polar surface area (TPSA) is 41.0 Å². The van der Waals surface area contributed by atoms with E-state index >= 15 is 0 Å². The highest BCUT2D eigenvalue weighted by molar-refractivity contribution is 9.10. The summed E-state index contributed by atoms with van der Waals surface area (Å²) in [5.74, 6) is 1.79. The van der Waals surface area contributed by atoms with Crippen LogP contribution in [0.25, 0.3) is 0 Å². The van der Waals surface area contributed by atoms with E-state index in [1.165, 1.54) is 19.4 Å². The number of halogens is 1. The molecule has 2 rings (SSSR count). The zero-order chi connectivity index (χ0) is 14.8. The standard InChI is InChI=1S/C15H25BrN4/c1-5-20-8-6-7-11(20)10-17-13-9-12(16)18-14(19-13)15(2,3)4/h9,11H,5-8,10H2,1-4H3,(H,17,18,19). The molecular weight excluding hydrogens is 316 g/mol. The zero-order valence-corrected chi connectivity index (χ0v) is 14.5. The average Bonchev–Trinajstić information content (AvgIpc) is 2.82. The van der Waals surface area contributed by atoms with E-state index in [0.29, 0.717) is 6.04 Å². The van der Waals surface area contributed by atoms with Crippen molar-refractivity contribution >= 4 is 21.7 Å². The third kappa shape index (κ3) is 3.92. The first-order valence-electron chi connectivity index (χ1n) is 7.43. The normalized spacial score (nSPS) is 20.4. The number of hydrogen-bond donors (Lipinski definition) is 1. The second-order valence-corrected chi connectivity index (χ2v) is 7.27. The Labute approximate surface area is 130 Å². The van der Waals surface area contributed by atoms with Crippen LogP contribution in [0.1, 0.15) is 46.4 Å². The van der Waals surface area contributed by atoms with E-state index in [9.17, 15) is 0 Å². The molecule has 112 valence electrons. The van der Waals surface area contributed by atoms with Crippen LogP contribution in [0.15, 0.2) is 10.7 Å². The predicted octanol–water partition coefficient (Wildman–Crippen LogP) is 3.43. The van der Waals surface area contributed by atoms with Gasteiger partial charge in [-0.05, 0) is 41.9 Å². The van der Waals surface area contributed by atoms with E-state index in [4.69, 9.17) is 0 Å². The smallest absolute Gasteiger partial charge is 0.137 e. The Morgan fingerprint density at radius 2 is 2.15 bits per heavy atom. The molecule has 1 aromatic heterocycles. The van der Waals surface area contributed by atoms with Crippen LogP contribution in [-0.4, -0.2) is 40.5 Å². The Morgan fingerprint density at radius 1 is 1.40 bits per heavy atom. The number of nitrogens with one attached hydrogen (secondary N) is 1. The molecule has 1 unspecified atom stereocenters. The van der Waals surface area contributed by atoms with E-state index in [-0.39, 0.29) is 5.41 Å². The quantitative estimate of drug-likeness (QED) is 0.852. The maximum Gasteiger partial charge on any atom is 0.137 e. The van der Waals surface area contributed by atoms with Gasteiger partial charge in [0.05, 0.1) is 0 Å². The van der Waals surface area contributed by atoms with Gasteiger partial charge in [0.2, 0.25) is 0 Å². The summed E-state index contributed by atoms with van der Waals surface area (Å²) in [6.45, 7) is 12.0. The van der Waals surface area contributed by atoms with Gasteiger partial charge in [-0.3, -0.25) is 4.90 Å². The van der Waals surface area contributed by atoms with Gasteiger partial charge in [-0.15, -0.1) is 0 Å². The fourth-order valence-electron chi connectivity index (χ4n) is 2.61. The molecule has 5 heteroatoms. The van der Waals surface area contributed by atoms with Crippen molar-refractivity contribution in [3.63, 3.8) is 0 Å². The number of hydrogen-bond acceptors (Lipinski definition) is 4. The van der Waals surface area contributed by atoms with Crippen molar-refractivity contribution in [1.29, 1.82) is 0 Å². The predicted molar refractivity (Wildman–Crippen MR) is 87.2 cm³/mol. The monoisotopic (exact) mass is 340 g/mol. The molecule has 20 heavy (non-hydrogen) atoms. The second kappa shape index (κ2) is 6.39. The summed E-state index contributed by atoms with van der Waals surface area (Å²) >= 11 is 3.48. The first-order chi connectivity index (χ1) is 9.40. The molecule has 1 aromatic rings. The van der Waals surface area contributed by atoms with Crippen LogP contribution in [0, 0.1) is 0 Å². The molecule has 0 saturated carbocycles. The third-order valence-electron chi connectivity index (χ3n) is 3.79. The summed E-state index contributed by atoms with van der Waals surface area (Å²) in [6.07, 6.45) is 2.58. The van der Waals surface area contributed by atoms with E-state index in [1.54, 1.807) is 0 Å². The van der Waals surface area contributed by atoms with Gasteiger partial charge in [-0.1, -0.05) is 27.7 Å². The number of anilines is 1. The first-order valence-corrected chi connectivity index (χ1v) is 8.22. The molecule has 0 amide bonds. The van der Waals surface area contributed by atoms with E-state index < -0.39 is 0 Å². The van der Waals surface area contributed by atoms with Gasteiger partial charge >= 0.3 is 0 Å². The molecule has 4 nitrogen and oxygen atoms in total. The van der Waals surface area contributed by atoms with Crippen molar-refractivity contribution < 1.29 is 0 Å². The van der Waals surface area contributed by atoms with Crippen molar-refractivity contribution in [1.82, 2.24) is 14.9 Å². The van der Waals surface area contributed by atoms with Crippen molar-refractivity contribution in [3.05, 3.63) is 16.5 Å². The van der Waals surface area contributed by atoms with Gasteiger partial charge in [-0.25, -0.2) is 9.97 Å². The number of aromatic nitrogens is 2. The summed E-state index contributed by atoms with van der Waals surface area (Å²) in [5.41, 5.74) is -0.0387. The Balaban J connectivity index is 2.04. The minimum atomic E-state index is -0.0387. The van der Waals surface area contributed by atoms with E-state index in [1.807, 2.05) is 6.07 Å². The summed E-state index contributed by atoms with van der Waals surface area (Å²) in [5, 5.41) is 3.48. The Hall–Kier alpha value is -0.680. The molecular formula is C15H25BrN4. The van der Waals surface area contributed by atoms with Crippen LogP contribution in [-0.2, 0) is 5.41 Å². The van der Waals surface area contributed by atoms with Crippen molar-refractivity contribution in [3.8, 4) is 0 Å². The lowest BCUT2D eigenvalue weighted by atomic mass is 9.96. The van der Waals surface area contributed by atoms with Crippen LogP contribution >= 0.6 is 15.9 Å². The lowest BCUT2D eigenvalue weighted by Gasteiger charge is -2.23. The Kier molecular flexibility index (Phi) is 5.02. The average molecular weight is 341 g/mol. The molecule has 2 heterocycles. The van der Waals surface area contributed by atoms with Gasteiger partial charge < -0.3 is 5.32 Å². The molecule has 1 aliphatic rings. The number of rotatable bonds is 4. The van der Waals surface area contributed by atoms with Crippen LogP contribution in [0.3, 0.4) is 0 Å². The summed E-state index contributed by atoms with van der Waals surface area (Å²) in [7, 11) is 0. The number of likely N-dealkylation sites (N-methyl/N-ethyl adjacent to an activating group) is 1. The SMILES string of the molecule is CCN1CCCC1CNc1cc(Br)nc(C(C)(C)C)n1. The van der Waals surface area contributed by atoms with Gasteiger partial charge in [0.15, 0.2) is 0 Å². The van der Waals surface area contributed by atoms with Crippen LogP contribution in [0.4, 0.5) is 5.82 Å². The highest BCUT2D eigenvalue weighted by Gasteiger charge is 2.23. The molecule has 0 bridgehead atoms. The summed E-state index contributed by atoms with van der Waals surface area (Å²) in [4.78, 5) is 11.7. The fraction of sp³-hybridized carbons (Fsp3) is 0.733.